The lowest BCUT2D eigenvalue weighted by Gasteiger charge is -2.31. The molecule has 0 fully saturated rings. The number of halogens is 2. The Morgan fingerprint density at radius 3 is 2.34 bits per heavy atom. The molecule has 7 nitrogen and oxygen atoms in total. The fourth-order valence-electron chi connectivity index (χ4n) is 3.86. The van der Waals surface area contributed by atoms with E-state index in [0.29, 0.717) is 13.0 Å². The van der Waals surface area contributed by atoms with Gasteiger partial charge in [-0.25, -0.2) is 17.2 Å². The molecule has 10 heteroatoms. The van der Waals surface area contributed by atoms with E-state index in [0.717, 1.165) is 33.8 Å². The molecule has 192 valence electrons. The van der Waals surface area contributed by atoms with Gasteiger partial charge in [0, 0.05) is 32.1 Å². The Kier molecular flexibility index (Phi) is 10.2. The van der Waals surface area contributed by atoms with E-state index in [9.17, 15) is 26.8 Å². The molecule has 0 saturated heterocycles. The number of benzene rings is 2. The van der Waals surface area contributed by atoms with Gasteiger partial charge in [-0.1, -0.05) is 36.8 Å². The van der Waals surface area contributed by atoms with Crippen LogP contribution in [0.2, 0.25) is 0 Å². The summed E-state index contributed by atoms with van der Waals surface area (Å²) in [6.45, 7) is 6.12. The maximum atomic E-state index is 13.7. The van der Waals surface area contributed by atoms with Crippen LogP contribution >= 0.6 is 0 Å². The number of sulfonamides is 1. The third-order valence-electron chi connectivity index (χ3n) is 5.52. The summed E-state index contributed by atoms with van der Waals surface area (Å²) < 4.78 is 52.5. The summed E-state index contributed by atoms with van der Waals surface area (Å²) in [5, 5.41) is 2.77. The topological polar surface area (TPSA) is 86.8 Å². The molecule has 0 aliphatic rings. The van der Waals surface area contributed by atoms with Gasteiger partial charge >= 0.3 is 0 Å². The molecule has 0 saturated carbocycles. The van der Waals surface area contributed by atoms with E-state index in [1.165, 1.54) is 11.0 Å². The van der Waals surface area contributed by atoms with Crippen molar-refractivity contribution in [1.82, 2.24) is 10.2 Å². The Labute approximate surface area is 206 Å². The molecule has 0 aromatic heterocycles. The van der Waals surface area contributed by atoms with Gasteiger partial charge < -0.3 is 10.2 Å². The molecule has 0 aliphatic carbocycles. The Balaban J connectivity index is 2.22. The normalized spacial score (nSPS) is 12.2. The predicted octanol–water partition coefficient (Wildman–Crippen LogP) is 3.76. The van der Waals surface area contributed by atoms with Crippen LogP contribution in [0.4, 0.5) is 14.5 Å². The van der Waals surface area contributed by atoms with Gasteiger partial charge in [0.2, 0.25) is 21.8 Å². The molecule has 0 spiro atoms. The van der Waals surface area contributed by atoms with E-state index in [1.807, 2.05) is 38.1 Å². The van der Waals surface area contributed by atoms with Crippen LogP contribution < -0.4 is 9.62 Å². The number of hydrogen-bond donors (Lipinski definition) is 1. The van der Waals surface area contributed by atoms with Crippen molar-refractivity contribution in [2.45, 2.75) is 52.6 Å². The van der Waals surface area contributed by atoms with Gasteiger partial charge in [0.25, 0.3) is 0 Å². The first-order chi connectivity index (χ1) is 16.5. The number of rotatable bonds is 12. The molecule has 1 atom stereocenters. The Bertz CT molecular complexity index is 1140. The van der Waals surface area contributed by atoms with Crippen LogP contribution in [0.15, 0.2) is 42.5 Å². The minimum absolute atomic E-state index is 0.0239. The van der Waals surface area contributed by atoms with Crippen LogP contribution in [0, 0.1) is 18.6 Å². The quantitative estimate of drug-likeness (QED) is 0.472. The van der Waals surface area contributed by atoms with Crippen LogP contribution in [0.5, 0.6) is 0 Å². The van der Waals surface area contributed by atoms with E-state index in [1.54, 1.807) is 6.92 Å². The molecule has 2 aromatic rings. The molecule has 0 aliphatic heterocycles. The zero-order chi connectivity index (χ0) is 26.2. The van der Waals surface area contributed by atoms with Gasteiger partial charge in [0.15, 0.2) is 11.6 Å². The lowest BCUT2D eigenvalue weighted by molar-refractivity contribution is -0.141. The average molecular weight is 510 g/mol. The highest BCUT2D eigenvalue weighted by Crippen LogP contribution is 2.22. The van der Waals surface area contributed by atoms with Gasteiger partial charge in [0.1, 0.15) is 6.04 Å². The number of carbonyl (C=O) groups excluding carboxylic acids is 2. The molecule has 0 heterocycles. The standard InChI is InChI=1S/C25H33F2N3O4S/c1-5-23(25(32)28-6-2)29(17-19-10-7-9-18(3)15-19)24(31)11-8-14-30(35(4,33)34)20-12-13-21(26)22(27)16-20/h7,9-10,12-13,15-16,23H,5-6,8,11,14,17H2,1-4H3,(H,28,32). The average Bonchev–Trinajstić information content (AvgIpc) is 2.78. The second-order valence-corrected chi connectivity index (χ2v) is 10.3. The summed E-state index contributed by atoms with van der Waals surface area (Å²) in [4.78, 5) is 27.5. The van der Waals surface area contributed by atoms with Crippen LogP contribution in [-0.2, 0) is 26.2 Å². The van der Waals surface area contributed by atoms with Gasteiger partial charge in [-0.2, -0.15) is 0 Å². The van der Waals surface area contributed by atoms with Crippen LogP contribution in [0.1, 0.15) is 44.2 Å². The number of amides is 2. The van der Waals surface area contributed by atoms with Gasteiger partial charge in [-0.15, -0.1) is 0 Å². The van der Waals surface area contributed by atoms with E-state index in [2.05, 4.69) is 5.32 Å². The number of carbonyl (C=O) groups is 2. The molecule has 1 N–H and O–H groups in total. The zero-order valence-electron chi connectivity index (χ0n) is 20.6. The monoisotopic (exact) mass is 509 g/mol. The van der Waals surface area contributed by atoms with E-state index in [4.69, 9.17) is 0 Å². The van der Waals surface area contributed by atoms with E-state index >= 15 is 0 Å². The van der Waals surface area contributed by atoms with Crippen molar-refractivity contribution < 1.29 is 26.8 Å². The first-order valence-electron chi connectivity index (χ1n) is 11.5. The summed E-state index contributed by atoms with van der Waals surface area (Å²) in [5.41, 5.74) is 1.88. The number of anilines is 1. The lowest BCUT2D eigenvalue weighted by Crippen LogP contribution is -2.49. The highest BCUT2D eigenvalue weighted by atomic mass is 32.2. The Hall–Kier alpha value is -3.01. The van der Waals surface area contributed by atoms with E-state index in [-0.39, 0.29) is 43.4 Å². The third-order valence-corrected chi connectivity index (χ3v) is 6.71. The van der Waals surface area contributed by atoms with Crippen molar-refractivity contribution in [1.29, 1.82) is 0 Å². The predicted molar refractivity (Wildman–Crippen MR) is 132 cm³/mol. The third kappa shape index (κ3) is 8.02. The highest BCUT2D eigenvalue weighted by Gasteiger charge is 2.28. The molecule has 0 bridgehead atoms. The van der Waals surface area contributed by atoms with Crippen LogP contribution in [0.25, 0.3) is 0 Å². The smallest absolute Gasteiger partial charge is 0.242 e. The second-order valence-electron chi connectivity index (χ2n) is 8.37. The largest absolute Gasteiger partial charge is 0.355 e. The van der Waals surface area contributed by atoms with Crippen molar-refractivity contribution in [2.24, 2.45) is 0 Å². The minimum atomic E-state index is -3.81. The van der Waals surface area contributed by atoms with E-state index < -0.39 is 27.7 Å². The SMILES string of the molecule is CCNC(=O)C(CC)N(Cc1cccc(C)c1)C(=O)CCCN(c1ccc(F)c(F)c1)S(C)(=O)=O. The summed E-state index contributed by atoms with van der Waals surface area (Å²) >= 11 is 0. The number of hydrogen-bond acceptors (Lipinski definition) is 4. The second kappa shape index (κ2) is 12.6. The first kappa shape index (κ1) is 28.2. The Morgan fingerprint density at radius 1 is 1.06 bits per heavy atom. The number of likely N-dealkylation sites (N-methyl/N-ethyl adjacent to an activating group) is 1. The minimum Gasteiger partial charge on any atom is -0.355 e. The maximum absolute atomic E-state index is 13.7. The van der Waals surface area contributed by atoms with Crippen molar-refractivity contribution >= 4 is 27.5 Å². The first-order valence-corrected chi connectivity index (χ1v) is 13.4. The molecule has 0 radical (unpaired) electrons. The summed E-state index contributed by atoms with van der Waals surface area (Å²) in [7, 11) is -3.81. The number of nitrogens with zero attached hydrogens (tertiary/aromatic N) is 2. The maximum Gasteiger partial charge on any atom is 0.242 e. The molecule has 1 unspecified atom stereocenters. The van der Waals surface area contributed by atoms with Crippen molar-refractivity contribution in [3.63, 3.8) is 0 Å². The molecule has 2 aromatic carbocycles. The molecule has 35 heavy (non-hydrogen) atoms. The van der Waals surface area contributed by atoms with Gasteiger partial charge in [-0.05, 0) is 44.4 Å². The van der Waals surface area contributed by atoms with Crippen LogP contribution in [0.3, 0.4) is 0 Å². The number of aryl methyl sites for hydroxylation is 1. The molecular formula is C25H33F2N3O4S. The van der Waals surface area contributed by atoms with Crippen molar-refractivity contribution in [3.8, 4) is 0 Å². The van der Waals surface area contributed by atoms with Crippen molar-refractivity contribution in [2.75, 3.05) is 23.7 Å². The fourth-order valence-corrected chi connectivity index (χ4v) is 4.82. The molecule has 2 rings (SSSR count). The zero-order valence-corrected chi connectivity index (χ0v) is 21.4. The summed E-state index contributed by atoms with van der Waals surface area (Å²) in [6.07, 6.45) is 1.47. The number of nitrogens with one attached hydrogen (secondary N) is 1. The summed E-state index contributed by atoms with van der Waals surface area (Å²) in [5.74, 6) is -2.80. The van der Waals surface area contributed by atoms with Gasteiger partial charge in [-0.3, -0.25) is 13.9 Å². The molecule has 2 amide bonds. The van der Waals surface area contributed by atoms with Crippen LogP contribution in [-0.4, -0.2) is 50.5 Å². The Morgan fingerprint density at radius 2 is 1.77 bits per heavy atom. The van der Waals surface area contributed by atoms with Gasteiger partial charge in [0.05, 0.1) is 11.9 Å². The highest BCUT2D eigenvalue weighted by molar-refractivity contribution is 7.92. The van der Waals surface area contributed by atoms with Crippen molar-refractivity contribution in [3.05, 3.63) is 65.2 Å². The summed E-state index contributed by atoms with van der Waals surface area (Å²) in [6, 6.07) is 9.81. The molecular weight excluding hydrogens is 476 g/mol. The fraction of sp³-hybridized carbons (Fsp3) is 0.440. The lowest BCUT2D eigenvalue weighted by atomic mass is 10.1.